The average molecular weight is 582 g/mol. The van der Waals surface area contributed by atoms with Crippen molar-refractivity contribution in [3.8, 4) is 11.3 Å². The van der Waals surface area contributed by atoms with Gasteiger partial charge in [0.05, 0.1) is 37.3 Å². The van der Waals surface area contributed by atoms with E-state index in [4.69, 9.17) is 20.2 Å². The van der Waals surface area contributed by atoms with Gasteiger partial charge >= 0.3 is 6.18 Å². The normalized spacial score (nSPS) is 18.5. The number of imidazole rings is 1. The highest BCUT2D eigenvalue weighted by Gasteiger charge is 2.45. The van der Waals surface area contributed by atoms with Crippen LogP contribution in [0.25, 0.3) is 16.8 Å². The van der Waals surface area contributed by atoms with Crippen molar-refractivity contribution < 1.29 is 32.2 Å². The maximum Gasteiger partial charge on any atom is 0.416 e. The van der Waals surface area contributed by atoms with Gasteiger partial charge in [-0.15, -0.1) is 0 Å². The van der Waals surface area contributed by atoms with Gasteiger partial charge in [-0.25, -0.2) is 15.0 Å². The fourth-order valence-electron chi connectivity index (χ4n) is 5.06. The summed E-state index contributed by atoms with van der Waals surface area (Å²) in [5, 5.41) is 2.39. The molecular weight excluding hydrogens is 555 g/mol. The van der Waals surface area contributed by atoms with Crippen LogP contribution in [0, 0.1) is 5.41 Å². The number of nitrogen functional groups attached to an aromatic ring is 1. The van der Waals surface area contributed by atoms with E-state index in [0.29, 0.717) is 55.5 Å². The second-order valence-electron chi connectivity index (χ2n) is 10.5. The summed E-state index contributed by atoms with van der Waals surface area (Å²) in [6.45, 7) is 3.76. The summed E-state index contributed by atoms with van der Waals surface area (Å²) < 4.78 is 52.2. The van der Waals surface area contributed by atoms with Crippen LogP contribution in [-0.2, 0) is 20.4 Å². The first-order valence-electron chi connectivity index (χ1n) is 13.1. The number of hydrogen-bond donors (Lipinski definition) is 2. The molecule has 0 spiro atoms. The first-order valence-corrected chi connectivity index (χ1v) is 13.1. The molecule has 11 nitrogen and oxygen atoms in total. The predicted molar refractivity (Wildman–Crippen MR) is 144 cm³/mol. The van der Waals surface area contributed by atoms with Crippen molar-refractivity contribution in [2.75, 3.05) is 44.0 Å². The third kappa shape index (κ3) is 5.03. The Labute approximate surface area is 237 Å². The van der Waals surface area contributed by atoms with E-state index >= 15 is 0 Å². The molecular formula is C28H26F3N7O4. The van der Waals surface area contributed by atoms with Gasteiger partial charge in [0.15, 0.2) is 0 Å². The molecule has 2 amide bonds. The Morgan fingerprint density at radius 1 is 1.12 bits per heavy atom. The zero-order valence-electron chi connectivity index (χ0n) is 22.4. The number of halogens is 3. The second-order valence-corrected chi connectivity index (χ2v) is 10.5. The van der Waals surface area contributed by atoms with E-state index in [1.54, 1.807) is 33.8 Å². The lowest BCUT2D eigenvalue weighted by molar-refractivity contribution is -0.175. The Kier molecular flexibility index (Phi) is 6.81. The molecule has 1 aromatic carbocycles. The van der Waals surface area contributed by atoms with Crippen molar-refractivity contribution in [3.05, 3.63) is 71.9 Å². The number of carbonyl (C=O) groups is 2. The van der Waals surface area contributed by atoms with Crippen LogP contribution in [0.5, 0.6) is 0 Å². The maximum atomic E-state index is 13.1. The number of benzene rings is 1. The fraction of sp³-hybridized carbons (Fsp3) is 0.321. The van der Waals surface area contributed by atoms with Gasteiger partial charge in [0.2, 0.25) is 5.91 Å². The lowest BCUT2D eigenvalue weighted by Gasteiger charge is -2.42. The van der Waals surface area contributed by atoms with Gasteiger partial charge in [0.1, 0.15) is 34.8 Å². The molecule has 0 bridgehead atoms. The minimum atomic E-state index is -4.56. The number of aromatic nitrogens is 4. The molecule has 14 heteroatoms. The average Bonchev–Trinajstić information content (AvgIpc) is 3.36. The number of amides is 2. The molecule has 4 aromatic rings. The SMILES string of the molecule is CC1(C(=O)N2CCOC(c3nc(-c4ccc(C(=O)Nc5cc(C(F)(F)F)ccn5)cc4)c4c(N)nccn34)C2)COC1. The molecule has 2 aliphatic heterocycles. The van der Waals surface area contributed by atoms with Gasteiger partial charge in [0, 0.05) is 36.3 Å². The molecule has 0 radical (unpaired) electrons. The summed E-state index contributed by atoms with van der Waals surface area (Å²) in [5.74, 6) is -0.0682. The number of alkyl halides is 3. The van der Waals surface area contributed by atoms with Gasteiger partial charge in [-0.3, -0.25) is 14.0 Å². The van der Waals surface area contributed by atoms with Gasteiger partial charge in [-0.2, -0.15) is 13.2 Å². The smallest absolute Gasteiger partial charge is 0.382 e. The lowest BCUT2D eigenvalue weighted by Crippen LogP contribution is -2.56. The number of morpholine rings is 1. The number of rotatable bonds is 5. The van der Waals surface area contributed by atoms with Crippen molar-refractivity contribution in [1.82, 2.24) is 24.3 Å². The molecule has 218 valence electrons. The number of carbonyl (C=O) groups excluding carboxylic acids is 2. The maximum absolute atomic E-state index is 13.1. The van der Waals surface area contributed by atoms with Crippen LogP contribution in [0.15, 0.2) is 55.0 Å². The van der Waals surface area contributed by atoms with Gasteiger partial charge in [-0.1, -0.05) is 12.1 Å². The molecule has 3 aromatic heterocycles. The number of pyridine rings is 1. The van der Waals surface area contributed by atoms with E-state index in [9.17, 15) is 22.8 Å². The molecule has 5 heterocycles. The summed E-state index contributed by atoms with van der Waals surface area (Å²) in [5.41, 5.74) is 6.65. The number of ether oxygens (including phenoxy) is 2. The quantitative estimate of drug-likeness (QED) is 0.365. The standard InChI is InChI=1S/C28H26F3N7O4/c1-27(14-41-15-27)26(40)37-10-11-42-19(13-37)24-36-21(22-23(32)34-8-9-38(22)24)16-2-4-17(5-3-16)25(39)35-20-12-18(6-7-33-20)28(29,30)31/h2-9,12,19H,10-11,13-15H2,1H3,(H2,32,34)(H,33,35,39). The van der Waals surface area contributed by atoms with Crippen LogP contribution in [-0.4, -0.2) is 69.0 Å². The minimum Gasteiger partial charge on any atom is -0.382 e. The van der Waals surface area contributed by atoms with Crippen LogP contribution in [0.2, 0.25) is 0 Å². The number of fused-ring (bicyclic) bond motifs is 1. The van der Waals surface area contributed by atoms with Crippen molar-refractivity contribution in [1.29, 1.82) is 0 Å². The minimum absolute atomic E-state index is 0.0125. The number of nitrogens with two attached hydrogens (primary N) is 1. The van der Waals surface area contributed by atoms with E-state index in [1.165, 1.54) is 12.1 Å². The van der Waals surface area contributed by atoms with Crippen LogP contribution in [0.4, 0.5) is 24.8 Å². The molecule has 3 N–H and O–H groups in total. The molecule has 6 rings (SSSR count). The Bertz CT molecular complexity index is 1670. The summed E-state index contributed by atoms with van der Waals surface area (Å²) in [6.07, 6.45) is -0.847. The zero-order chi connectivity index (χ0) is 29.6. The highest BCUT2D eigenvalue weighted by molar-refractivity contribution is 6.04. The highest BCUT2D eigenvalue weighted by atomic mass is 19.4. The van der Waals surface area contributed by atoms with Crippen LogP contribution >= 0.6 is 0 Å². The topological polar surface area (TPSA) is 137 Å². The third-order valence-electron chi connectivity index (χ3n) is 7.36. The number of nitrogens with one attached hydrogen (secondary N) is 1. The van der Waals surface area contributed by atoms with E-state index in [2.05, 4.69) is 15.3 Å². The Morgan fingerprint density at radius 3 is 2.57 bits per heavy atom. The van der Waals surface area contributed by atoms with Crippen molar-refractivity contribution >= 4 is 29.0 Å². The fourth-order valence-corrected chi connectivity index (χ4v) is 5.06. The molecule has 1 unspecified atom stereocenters. The Hall–Kier alpha value is -4.56. The first kappa shape index (κ1) is 27.6. The monoisotopic (exact) mass is 581 g/mol. The molecule has 1 atom stereocenters. The third-order valence-corrected chi connectivity index (χ3v) is 7.36. The highest BCUT2D eigenvalue weighted by Crippen LogP contribution is 2.35. The van der Waals surface area contributed by atoms with Crippen LogP contribution in [0.3, 0.4) is 0 Å². The van der Waals surface area contributed by atoms with Gasteiger partial charge < -0.3 is 25.4 Å². The van der Waals surface area contributed by atoms with E-state index in [0.717, 1.165) is 18.3 Å². The Morgan fingerprint density at radius 2 is 1.88 bits per heavy atom. The number of hydrogen-bond acceptors (Lipinski definition) is 8. The predicted octanol–water partition coefficient (Wildman–Crippen LogP) is 3.58. The molecule has 2 fully saturated rings. The molecule has 2 saturated heterocycles. The second kappa shape index (κ2) is 10.4. The van der Waals surface area contributed by atoms with Crippen LogP contribution in [0.1, 0.15) is 34.8 Å². The van der Waals surface area contributed by atoms with Crippen molar-refractivity contribution in [2.45, 2.75) is 19.2 Å². The van der Waals surface area contributed by atoms with Crippen LogP contribution < -0.4 is 11.1 Å². The van der Waals surface area contributed by atoms with E-state index < -0.39 is 29.2 Å². The van der Waals surface area contributed by atoms with Crippen molar-refractivity contribution in [3.63, 3.8) is 0 Å². The van der Waals surface area contributed by atoms with Crippen molar-refractivity contribution in [2.24, 2.45) is 5.41 Å². The number of anilines is 2. The summed E-state index contributed by atoms with van der Waals surface area (Å²) in [4.78, 5) is 40.5. The summed E-state index contributed by atoms with van der Waals surface area (Å²) in [6, 6.07) is 7.95. The first-order chi connectivity index (χ1) is 20.0. The van der Waals surface area contributed by atoms with Gasteiger partial charge in [-0.05, 0) is 31.2 Å². The van der Waals surface area contributed by atoms with E-state index in [1.807, 2.05) is 6.92 Å². The number of nitrogens with zero attached hydrogens (tertiary/aromatic N) is 5. The largest absolute Gasteiger partial charge is 0.416 e. The molecule has 0 saturated carbocycles. The summed E-state index contributed by atoms with van der Waals surface area (Å²) >= 11 is 0. The molecule has 42 heavy (non-hydrogen) atoms. The lowest BCUT2D eigenvalue weighted by atomic mass is 9.86. The Balaban J connectivity index is 1.26. The molecule has 0 aliphatic carbocycles. The molecule has 2 aliphatic rings. The van der Waals surface area contributed by atoms with Gasteiger partial charge in [0.25, 0.3) is 5.91 Å². The summed E-state index contributed by atoms with van der Waals surface area (Å²) in [7, 11) is 0. The van der Waals surface area contributed by atoms with E-state index in [-0.39, 0.29) is 23.1 Å². The zero-order valence-corrected chi connectivity index (χ0v) is 22.4.